The molecule has 0 aliphatic rings. The zero-order valence-electron chi connectivity index (χ0n) is 11.4. The molecule has 0 atom stereocenters. The lowest BCUT2D eigenvalue weighted by Gasteiger charge is -2.05. The summed E-state index contributed by atoms with van der Waals surface area (Å²) >= 11 is 4.69. The van der Waals surface area contributed by atoms with Crippen LogP contribution < -0.4 is 5.56 Å². The van der Waals surface area contributed by atoms with Gasteiger partial charge in [0.05, 0.1) is 5.69 Å². The third-order valence-electron chi connectivity index (χ3n) is 2.85. The Bertz CT molecular complexity index is 843. The van der Waals surface area contributed by atoms with Crippen molar-refractivity contribution >= 4 is 40.5 Å². The molecule has 3 rings (SSSR count). The van der Waals surface area contributed by atoms with Gasteiger partial charge >= 0.3 is 0 Å². The number of aryl methyl sites for hydroxylation is 1. The van der Waals surface area contributed by atoms with Crippen LogP contribution in [0.3, 0.4) is 0 Å². The molecular formula is C13H12N4OS3. The van der Waals surface area contributed by atoms with E-state index in [1.165, 1.54) is 0 Å². The average Bonchev–Trinajstić information content (AvgIpc) is 2.94. The number of fused-ring (bicyclic) bond motifs is 1. The van der Waals surface area contributed by atoms with E-state index in [1.54, 1.807) is 51.5 Å². The van der Waals surface area contributed by atoms with Gasteiger partial charge in [0.25, 0.3) is 5.56 Å². The SMILES string of the molecule is CSc1nnc(SCc2cc(=O)n3cccc(C)c3n2)s1. The molecule has 0 aliphatic heterocycles. The third-order valence-corrected chi connectivity index (χ3v) is 5.91. The van der Waals surface area contributed by atoms with Crippen molar-refractivity contribution in [1.82, 2.24) is 19.6 Å². The van der Waals surface area contributed by atoms with Crippen molar-refractivity contribution in [2.24, 2.45) is 0 Å². The predicted molar refractivity (Wildman–Crippen MR) is 87.5 cm³/mol. The van der Waals surface area contributed by atoms with Crippen molar-refractivity contribution in [1.29, 1.82) is 0 Å². The Labute approximate surface area is 133 Å². The summed E-state index contributed by atoms with van der Waals surface area (Å²) in [5, 5.41) is 8.16. The molecule has 3 aromatic rings. The van der Waals surface area contributed by atoms with Gasteiger partial charge < -0.3 is 0 Å². The Kier molecular flexibility index (Phi) is 4.27. The van der Waals surface area contributed by atoms with Gasteiger partial charge in [0.1, 0.15) is 5.65 Å². The minimum absolute atomic E-state index is 0.0543. The molecule has 0 radical (unpaired) electrons. The van der Waals surface area contributed by atoms with E-state index in [0.717, 1.165) is 19.9 Å². The Balaban J connectivity index is 1.87. The van der Waals surface area contributed by atoms with Gasteiger partial charge in [0.2, 0.25) is 0 Å². The molecule has 0 unspecified atom stereocenters. The van der Waals surface area contributed by atoms with Gasteiger partial charge in [-0.15, -0.1) is 10.2 Å². The monoisotopic (exact) mass is 336 g/mol. The summed E-state index contributed by atoms with van der Waals surface area (Å²) in [4.78, 5) is 16.7. The summed E-state index contributed by atoms with van der Waals surface area (Å²) in [6.07, 6.45) is 3.72. The molecule has 3 heterocycles. The fourth-order valence-corrected chi connectivity index (χ4v) is 4.19. The van der Waals surface area contributed by atoms with Crippen molar-refractivity contribution in [2.45, 2.75) is 21.4 Å². The first-order valence-corrected chi connectivity index (χ1v) is 9.18. The molecule has 0 aliphatic carbocycles. The highest BCUT2D eigenvalue weighted by atomic mass is 32.2. The van der Waals surface area contributed by atoms with Gasteiger partial charge in [-0.1, -0.05) is 40.9 Å². The summed E-state index contributed by atoms with van der Waals surface area (Å²) in [6, 6.07) is 5.38. The molecule has 108 valence electrons. The number of hydrogen-bond donors (Lipinski definition) is 0. The van der Waals surface area contributed by atoms with Gasteiger partial charge in [-0.2, -0.15) is 0 Å². The van der Waals surface area contributed by atoms with Crippen LogP contribution in [0, 0.1) is 6.92 Å². The number of nitrogens with zero attached hydrogens (tertiary/aromatic N) is 4. The van der Waals surface area contributed by atoms with E-state index in [2.05, 4.69) is 15.2 Å². The largest absolute Gasteiger partial charge is 0.269 e. The minimum Gasteiger partial charge on any atom is -0.269 e. The van der Waals surface area contributed by atoms with Crippen LogP contribution in [0.25, 0.3) is 5.65 Å². The maximum Gasteiger partial charge on any atom is 0.258 e. The van der Waals surface area contributed by atoms with E-state index in [-0.39, 0.29) is 5.56 Å². The second-order valence-corrected chi connectivity index (χ2v) is 7.55. The fourth-order valence-electron chi connectivity index (χ4n) is 1.86. The van der Waals surface area contributed by atoms with Crippen LogP contribution in [0.1, 0.15) is 11.3 Å². The highest BCUT2D eigenvalue weighted by Crippen LogP contribution is 2.29. The normalized spacial score (nSPS) is 11.1. The Morgan fingerprint density at radius 1 is 1.33 bits per heavy atom. The highest BCUT2D eigenvalue weighted by Gasteiger charge is 2.08. The molecule has 3 aromatic heterocycles. The topological polar surface area (TPSA) is 60.2 Å². The first-order chi connectivity index (χ1) is 10.2. The zero-order valence-corrected chi connectivity index (χ0v) is 13.9. The quantitative estimate of drug-likeness (QED) is 0.683. The van der Waals surface area contributed by atoms with E-state index >= 15 is 0 Å². The molecule has 0 spiro atoms. The van der Waals surface area contributed by atoms with Crippen LogP contribution in [0.15, 0.2) is 37.9 Å². The third kappa shape index (κ3) is 3.12. The molecule has 0 bridgehead atoms. The number of aromatic nitrogens is 4. The predicted octanol–water partition coefficient (Wildman–Crippen LogP) is 2.87. The molecule has 21 heavy (non-hydrogen) atoms. The molecule has 0 saturated heterocycles. The second kappa shape index (κ2) is 6.17. The maximum atomic E-state index is 12.1. The molecule has 0 aromatic carbocycles. The molecule has 0 fully saturated rings. The lowest BCUT2D eigenvalue weighted by Crippen LogP contribution is -2.15. The Morgan fingerprint density at radius 3 is 2.90 bits per heavy atom. The minimum atomic E-state index is -0.0543. The highest BCUT2D eigenvalue weighted by molar-refractivity contribution is 8.02. The molecule has 5 nitrogen and oxygen atoms in total. The number of pyridine rings is 1. The second-order valence-electron chi connectivity index (χ2n) is 4.30. The van der Waals surface area contributed by atoms with Crippen molar-refractivity contribution in [3.8, 4) is 0 Å². The first-order valence-electron chi connectivity index (χ1n) is 6.15. The van der Waals surface area contributed by atoms with Crippen molar-refractivity contribution in [2.75, 3.05) is 6.26 Å². The summed E-state index contributed by atoms with van der Waals surface area (Å²) in [6.45, 7) is 1.95. The average molecular weight is 336 g/mol. The van der Waals surface area contributed by atoms with Crippen LogP contribution in [0.2, 0.25) is 0 Å². The smallest absolute Gasteiger partial charge is 0.258 e. The van der Waals surface area contributed by atoms with Gasteiger partial charge in [0.15, 0.2) is 8.68 Å². The van der Waals surface area contributed by atoms with E-state index in [1.807, 2.05) is 25.3 Å². The van der Waals surface area contributed by atoms with Crippen molar-refractivity contribution < 1.29 is 0 Å². The molecule has 0 N–H and O–H groups in total. The van der Waals surface area contributed by atoms with Crippen LogP contribution in [-0.4, -0.2) is 25.8 Å². The van der Waals surface area contributed by atoms with Crippen LogP contribution >= 0.6 is 34.9 Å². The lowest BCUT2D eigenvalue weighted by atomic mass is 10.3. The van der Waals surface area contributed by atoms with Crippen molar-refractivity contribution in [3.63, 3.8) is 0 Å². The molecular weight excluding hydrogens is 324 g/mol. The summed E-state index contributed by atoms with van der Waals surface area (Å²) < 4.78 is 3.41. The zero-order chi connectivity index (χ0) is 14.8. The van der Waals surface area contributed by atoms with Crippen LogP contribution in [-0.2, 0) is 5.75 Å². The fraction of sp³-hybridized carbons (Fsp3) is 0.231. The lowest BCUT2D eigenvalue weighted by molar-refractivity contribution is 0.954. The van der Waals surface area contributed by atoms with Crippen molar-refractivity contribution in [3.05, 3.63) is 46.0 Å². The Morgan fingerprint density at radius 2 is 2.14 bits per heavy atom. The van der Waals surface area contributed by atoms with E-state index in [0.29, 0.717) is 11.4 Å². The molecule has 0 amide bonds. The Hall–Kier alpha value is -1.38. The van der Waals surface area contributed by atoms with Gasteiger partial charge in [-0.05, 0) is 24.8 Å². The number of thioether (sulfide) groups is 2. The number of hydrogen-bond acceptors (Lipinski definition) is 7. The summed E-state index contributed by atoms with van der Waals surface area (Å²) in [5.74, 6) is 0.614. The number of rotatable bonds is 4. The summed E-state index contributed by atoms with van der Waals surface area (Å²) in [5.41, 5.74) is 2.41. The molecule has 0 saturated carbocycles. The maximum absolute atomic E-state index is 12.1. The van der Waals surface area contributed by atoms with E-state index in [9.17, 15) is 4.79 Å². The van der Waals surface area contributed by atoms with Gasteiger partial charge in [-0.25, -0.2) is 4.98 Å². The van der Waals surface area contributed by atoms with Gasteiger partial charge in [-0.3, -0.25) is 9.20 Å². The summed E-state index contributed by atoms with van der Waals surface area (Å²) in [7, 11) is 0. The molecule has 8 heteroatoms. The standard InChI is InChI=1S/C13H12N4OS3/c1-8-4-3-5-17-10(18)6-9(14-11(8)17)7-20-13-16-15-12(19-2)21-13/h3-6H,7H2,1-2H3. The van der Waals surface area contributed by atoms with Crippen LogP contribution in [0.4, 0.5) is 0 Å². The first kappa shape index (κ1) is 14.6. The van der Waals surface area contributed by atoms with E-state index < -0.39 is 0 Å². The van der Waals surface area contributed by atoms with Gasteiger partial charge in [0, 0.05) is 18.0 Å². The van der Waals surface area contributed by atoms with E-state index in [4.69, 9.17) is 0 Å². The van der Waals surface area contributed by atoms with Crippen LogP contribution in [0.5, 0.6) is 0 Å².